The van der Waals surface area contributed by atoms with Crippen LogP contribution in [0.4, 0.5) is 0 Å². The van der Waals surface area contributed by atoms with Crippen molar-refractivity contribution in [3.8, 4) is 0 Å². The number of carbonyl (C=O) groups excluding carboxylic acids is 3. The SMILES string of the molecule is CC(=O)O[C@H]1[C@H](O[C@H]2[C@H](O[C@@H]3[C@@H](OC(C)=O)[C@H](OC4CC[C@@]5(C)C(CC[C@]6(C)[C@@H]5CC[C@@H]5C7[C@]8(C[C@]56CO8)OC(C=C(C)C)C[C@]7(C)O)C4(C)C)OC[C@@H]3O)O[C@H](CO)[C@@H](O)[C@@H]2OC(C)=O)OC[C@@H](O)[C@@H]1O. The summed E-state index contributed by atoms with van der Waals surface area (Å²) >= 11 is 0. The Balaban J connectivity index is 0.959. The van der Waals surface area contributed by atoms with E-state index in [1.807, 2.05) is 6.92 Å². The van der Waals surface area contributed by atoms with Crippen LogP contribution in [0.3, 0.4) is 0 Å². The molecule has 5 saturated heterocycles. The summed E-state index contributed by atoms with van der Waals surface area (Å²) in [6.07, 6.45) is -12.2. The second-order valence-corrected chi connectivity index (χ2v) is 24.3. The Morgan fingerprint density at radius 2 is 1.31 bits per heavy atom. The van der Waals surface area contributed by atoms with E-state index in [0.717, 1.165) is 57.9 Å². The fourth-order valence-electron chi connectivity index (χ4n) is 16.5. The number of hydrogen-bond acceptors (Lipinski definition) is 20. The maximum atomic E-state index is 13.0. The molecule has 72 heavy (non-hydrogen) atoms. The van der Waals surface area contributed by atoms with Gasteiger partial charge < -0.3 is 82.7 Å². The first kappa shape index (κ1) is 54.4. The van der Waals surface area contributed by atoms with E-state index in [2.05, 4.69) is 47.6 Å². The van der Waals surface area contributed by atoms with Crippen molar-refractivity contribution in [2.45, 2.75) is 224 Å². The molecule has 4 unspecified atom stereocenters. The van der Waals surface area contributed by atoms with Crippen LogP contribution in [0.25, 0.3) is 0 Å². The van der Waals surface area contributed by atoms with Gasteiger partial charge in [-0.3, -0.25) is 14.4 Å². The topological polar surface area (TPSA) is 274 Å². The lowest BCUT2D eigenvalue weighted by Gasteiger charge is -2.70. The van der Waals surface area contributed by atoms with Gasteiger partial charge in [0, 0.05) is 44.9 Å². The van der Waals surface area contributed by atoms with Gasteiger partial charge in [0.05, 0.1) is 44.2 Å². The summed E-state index contributed by atoms with van der Waals surface area (Å²) in [6.45, 7) is 17.9. The van der Waals surface area contributed by atoms with Crippen LogP contribution >= 0.6 is 0 Å². The van der Waals surface area contributed by atoms with Crippen molar-refractivity contribution < 1.29 is 97.1 Å². The molecule has 0 aromatic rings. The Morgan fingerprint density at radius 1 is 0.681 bits per heavy atom. The van der Waals surface area contributed by atoms with Gasteiger partial charge in [0.15, 0.2) is 49.1 Å². The molecule has 20 nitrogen and oxygen atoms in total. The minimum Gasteiger partial charge on any atom is -0.457 e. The quantitative estimate of drug-likeness (QED) is 0.0750. The molecule has 408 valence electrons. The fourth-order valence-corrected chi connectivity index (χ4v) is 16.5. The molecule has 9 fully saturated rings. The molecule has 20 heteroatoms. The van der Waals surface area contributed by atoms with E-state index in [0.29, 0.717) is 25.4 Å². The number of rotatable bonds is 11. The molecule has 9 aliphatic rings. The zero-order valence-corrected chi connectivity index (χ0v) is 43.4. The molecule has 5 aliphatic heterocycles. The van der Waals surface area contributed by atoms with Crippen LogP contribution in [0.5, 0.6) is 0 Å². The second-order valence-electron chi connectivity index (χ2n) is 24.3. The zero-order valence-electron chi connectivity index (χ0n) is 43.4. The third-order valence-corrected chi connectivity index (χ3v) is 19.2. The number of aliphatic hydroxyl groups is 6. The number of carbonyl (C=O) groups is 3. The zero-order chi connectivity index (χ0) is 52.2. The van der Waals surface area contributed by atoms with Gasteiger partial charge in [-0.1, -0.05) is 39.3 Å². The van der Waals surface area contributed by atoms with Crippen molar-refractivity contribution in [1.29, 1.82) is 0 Å². The lowest BCUT2D eigenvalue weighted by atomic mass is 9.35. The van der Waals surface area contributed by atoms with Crippen molar-refractivity contribution in [3.63, 3.8) is 0 Å². The summed E-state index contributed by atoms with van der Waals surface area (Å²) in [7, 11) is 0. The molecule has 4 saturated carbocycles. The van der Waals surface area contributed by atoms with E-state index in [9.17, 15) is 45.0 Å². The molecule has 5 heterocycles. The van der Waals surface area contributed by atoms with Gasteiger partial charge in [-0.15, -0.1) is 0 Å². The van der Waals surface area contributed by atoms with E-state index < -0.39 is 134 Å². The highest BCUT2D eigenvalue weighted by atomic mass is 16.8. The van der Waals surface area contributed by atoms with Gasteiger partial charge in [-0.25, -0.2) is 0 Å². The second kappa shape index (κ2) is 19.6. The molecule has 2 spiro atoms. The Hall–Kier alpha value is -2.41. The standard InChI is InChI=1S/C52H80O20/c1-24(2)17-28-18-50(10,61)43-29-11-12-34-48(8)15-14-35(47(6,7)33(48)13-16-49(34,9)51(29)22-52(43,72-28)64-23-51)69-45-41(67-27(5)56)38(31(58)21-63-45)70-46-42(39(65-25(3)54)37(60)32(19-53)68-46)71-44-40(66-26(4)55)36(59)30(57)20-62-44/h17,28-46,53,57-61H,11-16,18-23H2,1-10H3/t28?,29-,30-,31+,32-,33?,34-,35?,36+,37-,38+,39+,40-,41-,42-,43?,44+,45+,46+,48+,49-,50+,51+,52+/m1/s1. The van der Waals surface area contributed by atoms with Gasteiger partial charge in [-0.05, 0) is 93.3 Å². The number of hydrogen-bond donors (Lipinski definition) is 6. The summed E-state index contributed by atoms with van der Waals surface area (Å²) in [4.78, 5) is 37.6. The molecule has 0 amide bonds. The number of aliphatic hydroxyl groups excluding tert-OH is 5. The van der Waals surface area contributed by atoms with Gasteiger partial charge in [0.25, 0.3) is 0 Å². The number of esters is 3. The predicted molar refractivity (Wildman–Crippen MR) is 247 cm³/mol. The third kappa shape index (κ3) is 8.99. The molecule has 0 aromatic carbocycles. The monoisotopic (exact) mass is 1020 g/mol. The maximum Gasteiger partial charge on any atom is 0.303 e. The molecular weight excluding hydrogens is 945 g/mol. The molecule has 4 aliphatic carbocycles. The lowest BCUT2D eigenvalue weighted by molar-refractivity contribution is -0.382. The molecule has 9 rings (SSSR count). The minimum absolute atomic E-state index is 0.0847. The van der Waals surface area contributed by atoms with Crippen LogP contribution in [-0.4, -0.2) is 178 Å². The Bertz CT molecular complexity index is 2060. The van der Waals surface area contributed by atoms with Gasteiger partial charge in [0.2, 0.25) is 0 Å². The van der Waals surface area contributed by atoms with Crippen molar-refractivity contribution >= 4 is 17.9 Å². The first-order chi connectivity index (χ1) is 33.7. The molecule has 0 radical (unpaired) electrons. The Kier molecular flexibility index (Phi) is 14.8. The first-order valence-corrected chi connectivity index (χ1v) is 26.1. The van der Waals surface area contributed by atoms with E-state index in [-0.39, 0.29) is 46.7 Å². The summed E-state index contributed by atoms with van der Waals surface area (Å²) in [5, 5.41) is 66.8. The van der Waals surface area contributed by atoms with E-state index >= 15 is 0 Å². The highest BCUT2D eigenvalue weighted by Crippen LogP contribution is 2.80. The van der Waals surface area contributed by atoms with E-state index in [4.69, 9.17) is 52.1 Å². The fraction of sp³-hybridized carbons (Fsp3) is 0.904. The molecule has 0 aromatic heterocycles. The largest absolute Gasteiger partial charge is 0.457 e. The summed E-state index contributed by atoms with van der Waals surface area (Å²) in [6, 6.07) is 0. The smallest absolute Gasteiger partial charge is 0.303 e. The average Bonchev–Trinajstić information content (AvgIpc) is 3.80. The van der Waals surface area contributed by atoms with Gasteiger partial charge in [-0.2, -0.15) is 0 Å². The van der Waals surface area contributed by atoms with Crippen molar-refractivity contribution in [2.75, 3.05) is 26.4 Å². The molecule has 2 bridgehead atoms. The van der Waals surface area contributed by atoms with Crippen LogP contribution in [0, 0.1) is 45.3 Å². The van der Waals surface area contributed by atoms with Crippen LogP contribution < -0.4 is 0 Å². The number of allylic oxidation sites excluding steroid dienone is 1. The van der Waals surface area contributed by atoms with Crippen LogP contribution in [0.15, 0.2) is 11.6 Å². The lowest BCUT2D eigenvalue weighted by Crippen LogP contribution is -2.68. The minimum atomic E-state index is -1.74. The summed E-state index contributed by atoms with van der Waals surface area (Å²) < 4.78 is 68.1. The van der Waals surface area contributed by atoms with Gasteiger partial charge >= 0.3 is 17.9 Å². The van der Waals surface area contributed by atoms with E-state index in [1.54, 1.807) is 0 Å². The van der Waals surface area contributed by atoms with Crippen LogP contribution in [-0.2, 0) is 66.5 Å². The number of fused-ring (bicyclic) bond motifs is 4. The van der Waals surface area contributed by atoms with Crippen molar-refractivity contribution in [3.05, 3.63) is 11.6 Å². The maximum absolute atomic E-state index is 13.0. The normalized spacial score (nSPS) is 51.4. The van der Waals surface area contributed by atoms with Gasteiger partial charge in [0.1, 0.15) is 36.6 Å². The summed E-state index contributed by atoms with van der Waals surface area (Å²) in [5.41, 5.74) is -0.574. The highest BCUT2D eigenvalue weighted by Gasteiger charge is 2.81. The van der Waals surface area contributed by atoms with Crippen LogP contribution in [0.1, 0.15) is 121 Å². The highest BCUT2D eigenvalue weighted by molar-refractivity contribution is 5.67. The third-order valence-electron chi connectivity index (χ3n) is 19.2. The molecular formula is C52H80O20. The predicted octanol–water partition coefficient (Wildman–Crippen LogP) is 2.32. The summed E-state index contributed by atoms with van der Waals surface area (Å²) in [5.74, 6) is -2.58. The Morgan fingerprint density at radius 3 is 1.96 bits per heavy atom. The van der Waals surface area contributed by atoms with E-state index in [1.165, 1.54) is 6.92 Å². The first-order valence-electron chi connectivity index (χ1n) is 26.1. The van der Waals surface area contributed by atoms with Crippen molar-refractivity contribution in [2.24, 2.45) is 45.3 Å². The Labute approximate surface area is 421 Å². The van der Waals surface area contributed by atoms with Crippen LogP contribution in [0.2, 0.25) is 0 Å². The molecule has 6 N–H and O–H groups in total. The average molecular weight is 1030 g/mol. The van der Waals surface area contributed by atoms with Crippen molar-refractivity contribution in [1.82, 2.24) is 0 Å². The molecule has 24 atom stereocenters. The number of ether oxygens (including phenoxy) is 11.